The van der Waals surface area contributed by atoms with E-state index in [0.29, 0.717) is 5.22 Å². The number of hydrogen-bond donors (Lipinski definition) is 2. The molecule has 0 aliphatic rings. The molecule has 1 aromatic carbocycles. The molecule has 2 rings (SSSR count). The van der Waals surface area contributed by atoms with Gasteiger partial charge in [-0.1, -0.05) is 23.9 Å². The number of aliphatic hydroxyl groups excluding tert-OH is 1. The summed E-state index contributed by atoms with van der Waals surface area (Å²) >= 11 is 1.58. The van der Waals surface area contributed by atoms with Crippen LogP contribution in [0.5, 0.6) is 0 Å². The van der Waals surface area contributed by atoms with Gasteiger partial charge < -0.3 is 14.8 Å². The second-order valence-corrected chi connectivity index (χ2v) is 4.80. The Balaban J connectivity index is 1.90. The predicted octanol–water partition coefficient (Wildman–Crippen LogP) is 1.89. The molecule has 0 bridgehead atoms. The SMILES string of the molecule is CNC(CO)CCSc1nc2ccccc2o1. The summed E-state index contributed by atoms with van der Waals surface area (Å²) in [6.07, 6.45) is 0.885. The molecule has 2 N–H and O–H groups in total. The Morgan fingerprint density at radius 3 is 3.00 bits per heavy atom. The van der Waals surface area contributed by atoms with Crippen LogP contribution < -0.4 is 5.32 Å². The van der Waals surface area contributed by atoms with Crippen molar-refractivity contribution < 1.29 is 9.52 Å². The van der Waals surface area contributed by atoms with Crippen LogP contribution in [-0.4, -0.2) is 35.5 Å². The van der Waals surface area contributed by atoms with Crippen LogP contribution in [0.15, 0.2) is 33.9 Å². The zero-order chi connectivity index (χ0) is 12.1. The molecule has 0 aliphatic heterocycles. The van der Waals surface area contributed by atoms with Crippen LogP contribution >= 0.6 is 11.8 Å². The Hall–Kier alpha value is -1.04. The van der Waals surface area contributed by atoms with Gasteiger partial charge in [-0.3, -0.25) is 0 Å². The Labute approximate surface area is 104 Å². The molecule has 1 atom stereocenters. The van der Waals surface area contributed by atoms with E-state index in [1.165, 1.54) is 0 Å². The van der Waals surface area contributed by atoms with Crippen LogP contribution in [0, 0.1) is 0 Å². The summed E-state index contributed by atoms with van der Waals surface area (Å²) in [5, 5.41) is 12.8. The molecule has 0 amide bonds. The lowest BCUT2D eigenvalue weighted by Crippen LogP contribution is -2.29. The molecular weight excluding hydrogens is 236 g/mol. The van der Waals surface area contributed by atoms with Gasteiger partial charge in [0, 0.05) is 11.8 Å². The minimum Gasteiger partial charge on any atom is -0.431 e. The maximum Gasteiger partial charge on any atom is 0.256 e. The predicted molar refractivity (Wildman–Crippen MR) is 69.3 cm³/mol. The Kier molecular flexibility index (Phi) is 4.42. The standard InChI is InChI=1S/C12H16N2O2S/c1-13-9(8-15)6-7-17-12-14-10-4-2-3-5-11(10)16-12/h2-5,9,13,15H,6-8H2,1H3. The molecule has 2 aromatic rings. The van der Waals surface area contributed by atoms with Crippen LogP contribution in [0.3, 0.4) is 0 Å². The van der Waals surface area contributed by atoms with E-state index in [0.717, 1.165) is 23.3 Å². The Morgan fingerprint density at radius 1 is 1.47 bits per heavy atom. The fourth-order valence-corrected chi connectivity index (χ4v) is 2.42. The van der Waals surface area contributed by atoms with Gasteiger partial charge in [-0.15, -0.1) is 0 Å². The summed E-state index contributed by atoms with van der Waals surface area (Å²) in [5.41, 5.74) is 1.71. The highest BCUT2D eigenvalue weighted by Gasteiger charge is 2.08. The number of nitrogens with zero attached hydrogens (tertiary/aromatic N) is 1. The number of aliphatic hydroxyl groups is 1. The zero-order valence-corrected chi connectivity index (χ0v) is 10.5. The number of thioether (sulfide) groups is 1. The van der Waals surface area contributed by atoms with E-state index in [-0.39, 0.29) is 12.6 Å². The molecule has 0 spiro atoms. The van der Waals surface area contributed by atoms with E-state index in [1.54, 1.807) is 11.8 Å². The van der Waals surface area contributed by atoms with Gasteiger partial charge in [0.15, 0.2) is 5.58 Å². The van der Waals surface area contributed by atoms with E-state index in [2.05, 4.69) is 10.3 Å². The molecule has 0 radical (unpaired) electrons. The number of hydrogen-bond acceptors (Lipinski definition) is 5. The highest BCUT2D eigenvalue weighted by molar-refractivity contribution is 7.99. The monoisotopic (exact) mass is 252 g/mol. The highest BCUT2D eigenvalue weighted by atomic mass is 32.2. The van der Waals surface area contributed by atoms with Crippen LogP contribution in [-0.2, 0) is 0 Å². The largest absolute Gasteiger partial charge is 0.431 e. The lowest BCUT2D eigenvalue weighted by Gasteiger charge is -2.10. The molecule has 0 saturated heterocycles. The van der Waals surface area contributed by atoms with Crippen molar-refractivity contribution in [3.8, 4) is 0 Å². The fourth-order valence-electron chi connectivity index (χ4n) is 1.53. The van der Waals surface area contributed by atoms with Gasteiger partial charge in [0.05, 0.1) is 6.61 Å². The number of benzene rings is 1. The second kappa shape index (κ2) is 6.05. The number of likely N-dealkylation sites (N-methyl/N-ethyl adjacent to an activating group) is 1. The summed E-state index contributed by atoms with van der Waals surface area (Å²) in [4.78, 5) is 4.37. The second-order valence-electron chi connectivity index (χ2n) is 3.75. The molecule has 1 unspecified atom stereocenters. The van der Waals surface area contributed by atoms with Crippen LogP contribution in [0.2, 0.25) is 0 Å². The zero-order valence-electron chi connectivity index (χ0n) is 9.72. The molecule has 17 heavy (non-hydrogen) atoms. The van der Waals surface area contributed by atoms with Crippen molar-refractivity contribution >= 4 is 22.9 Å². The van der Waals surface area contributed by atoms with Crippen molar-refractivity contribution in [2.75, 3.05) is 19.4 Å². The van der Waals surface area contributed by atoms with Crippen molar-refractivity contribution in [3.63, 3.8) is 0 Å². The molecule has 0 saturated carbocycles. The summed E-state index contributed by atoms with van der Waals surface area (Å²) < 4.78 is 5.59. The third-order valence-corrected chi connectivity index (χ3v) is 3.46. The fraction of sp³-hybridized carbons (Fsp3) is 0.417. The van der Waals surface area contributed by atoms with Crippen molar-refractivity contribution in [2.45, 2.75) is 17.7 Å². The minimum absolute atomic E-state index is 0.145. The van der Waals surface area contributed by atoms with Crippen molar-refractivity contribution in [1.29, 1.82) is 0 Å². The van der Waals surface area contributed by atoms with E-state index in [1.807, 2.05) is 31.3 Å². The molecule has 4 nitrogen and oxygen atoms in total. The topological polar surface area (TPSA) is 58.3 Å². The summed E-state index contributed by atoms with van der Waals surface area (Å²) in [6, 6.07) is 7.88. The molecule has 0 aliphatic carbocycles. The first kappa shape index (κ1) is 12.4. The number of rotatable bonds is 6. The Bertz CT molecular complexity index is 435. The summed E-state index contributed by atoms with van der Waals surface area (Å²) in [6.45, 7) is 0.157. The molecule has 1 heterocycles. The van der Waals surface area contributed by atoms with E-state index >= 15 is 0 Å². The average molecular weight is 252 g/mol. The molecule has 92 valence electrons. The normalized spacial score (nSPS) is 13.1. The molecular formula is C12H16N2O2S. The van der Waals surface area contributed by atoms with Gasteiger partial charge in [-0.25, -0.2) is 4.98 Å². The van der Waals surface area contributed by atoms with Gasteiger partial charge in [0.1, 0.15) is 5.52 Å². The number of para-hydroxylation sites is 2. The average Bonchev–Trinajstić information content (AvgIpc) is 2.77. The first-order valence-electron chi connectivity index (χ1n) is 5.60. The van der Waals surface area contributed by atoms with Gasteiger partial charge in [-0.2, -0.15) is 0 Å². The third kappa shape index (κ3) is 3.21. The maximum absolute atomic E-state index is 9.03. The molecule has 0 fully saturated rings. The smallest absolute Gasteiger partial charge is 0.256 e. The van der Waals surface area contributed by atoms with Gasteiger partial charge in [0.2, 0.25) is 0 Å². The van der Waals surface area contributed by atoms with Crippen LogP contribution in [0.4, 0.5) is 0 Å². The van der Waals surface area contributed by atoms with Gasteiger partial charge in [0.25, 0.3) is 5.22 Å². The number of nitrogens with one attached hydrogen (secondary N) is 1. The lowest BCUT2D eigenvalue weighted by molar-refractivity contribution is 0.246. The van der Waals surface area contributed by atoms with Crippen molar-refractivity contribution in [2.24, 2.45) is 0 Å². The van der Waals surface area contributed by atoms with E-state index < -0.39 is 0 Å². The Morgan fingerprint density at radius 2 is 2.29 bits per heavy atom. The minimum atomic E-state index is 0.145. The number of fused-ring (bicyclic) bond motifs is 1. The highest BCUT2D eigenvalue weighted by Crippen LogP contribution is 2.23. The molecule has 5 heteroatoms. The quantitative estimate of drug-likeness (QED) is 0.769. The third-order valence-electron chi connectivity index (χ3n) is 2.59. The first-order chi connectivity index (χ1) is 8.33. The molecule has 1 aromatic heterocycles. The maximum atomic E-state index is 9.03. The lowest BCUT2D eigenvalue weighted by atomic mass is 10.2. The van der Waals surface area contributed by atoms with Crippen molar-refractivity contribution in [3.05, 3.63) is 24.3 Å². The summed E-state index contributed by atoms with van der Waals surface area (Å²) in [7, 11) is 1.85. The number of aromatic nitrogens is 1. The van der Waals surface area contributed by atoms with E-state index in [9.17, 15) is 0 Å². The van der Waals surface area contributed by atoms with Gasteiger partial charge in [-0.05, 0) is 25.6 Å². The van der Waals surface area contributed by atoms with Crippen LogP contribution in [0.1, 0.15) is 6.42 Å². The van der Waals surface area contributed by atoms with Gasteiger partial charge >= 0.3 is 0 Å². The van der Waals surface area contributed by atoms with Crippen molar-refractivity contribution in [1.82, 2.24) is 10.3 Å². The van der Waals surface area contributed by atoms with Crippen LogP contribution in [0.25, 0.3) is 11.1 Å². The first-order valence-corrected chi connectivity index (χ1v) is 6.58. The van der Waals surface area contributed by atoms with E-state index in [4.69, 9.17) is 9.52 Å². The number of oxazole rings is 1. The summed E-state index contributed by atoms with van der Waals surface area (Å²) in [5.74, 6) is 0.874.